The van der Waals surface area contributed by atoms with Crippen molar-refractivity contribution in [1.82, 2.24) is 15.0 Å². The summed E-state index contributed by atoms with van der Waals surface area (Å²) in [5, 5.41) is 14.8. The Morgan fingerprint density at radius 3 is 2.62 bits per heavy atom. The topological polar surface area (TPSA) is 97.0 Å². The molecule has 1 aliphatic heterocycles. The van der Waals surface area contributed by atoms with Crippen LogP contribution in [0.4, 0.5) is 0 Å². The molecule has 0 atom stereocenters. The number of nitrogens with one attached hydrogen (secondary N) is 3. The predicted octanol–water partition coefficient (Wildman–Crippen LogP) is 6.13. The van der Waals surface area contributed by atoms with Gasteiger partial charge < -0.3 is 20.1 Å². The number of fused-ring (bicyclic) bond motifs is 3. The molecule has 0 fully saturated rings. The first kappa shape index (κ1) is 17.8. The monoisotopic (exact) mass is 454 g/mol. The third kappa shape index (κ3) is 2.44. The normalized spacial score (nSPS) is 13.4. The molecule has 7 rings (SSSR count). The molecule has 0 unspecified atom stereocenters. The number of hydrogen-bond acceptors (Lipinski definition) is 4. The van der Waals surface area contributed by atoms with Crippen molar-refractivity contribution in [2.45, 2.75) is 0 Å². The Balaban J connectivity index is 1.31. The molecular formula is C24H14N4O2S2. The summed E-state index contributed by atoms with van der Waals surface area (Å²) in [5.74, 6) is -0.353. The molecule has 4 N–H and O–H groups in total. The highest BCUT2D eigenvalue weighted by Gasteiger charge is 2.34. The quantitative estimate of drug-likeness (QED) is 0.259. The van der Waals surface area contributed by atoms with E-state index in [2.05, 4.69) is 44.2 Å². The van der Waals surface area contributed by atoms with Crippen LogP contribution >= 0.6 is 22.7 Å². The van der Waals surface area contributed by atoms with Gasteiger partial charge in [0, 0.05) is 28.0 Å². The van der Waals surface area contributed by atoms with Crippen molar-refractivity contribution < 1.29 is 9.90 Å². The summed E-state index contributed by atoms with van der Waals surface area (Å²) in [4.78, 5) is 29.5. The minimum Gasteiger partial charge on any atom is -0.494 e. The van der Waals surface area contributed by atoms with E-state index in [1.54, 1.807) is 11.3 Å². The second kappa shape index (κ2) is 6.32. The number of benzene rings is 1. The first-order valence-corrected chi connectivity index (χ1v) is 11.7. The van der Waals surface area contributed by atoms with Crippen molar-refractivity contribution in [3.63, 3.8) is 0 Å². The number of carbonyl (C=O) groups is 1. The Bertz CT molecular complexity index is 1660. The summed E-state index contributed by atoms with van der Waals surface area (Å²) in [6.45, 7) is 0. The Labute approximate surface area is 188 Å². The number of aromatic nitrogens is 3. The summed E-state index contributed by atoms with van der Waals surface area (Å²) in [7, 11) is 0. The van der Waals surface area contributed by atoms with Crippen LogP contribution in [0, 0.1) is 0 Å². The lowest BCUT2D eigenvalue weighted by Gasteiger charge is -1.96. The van der Waals surface area contributed by atoms with Crippen LogP contribution in [0.15, 0.2) is 65.1 Å². The van der Waals surface area contributed by atoms with Gasteiger partial charge in [-0.05, 0) is 47.8 Å². The van der Waals surface area contributed by atoms with E-state index < -0.39 is 0 Å². The Kier molecular flexibility index (Phi) is 3.51. The van der Waals surface area contributed by atoms with Crippen LogP contribution in [0.3, 0.4) is 0 Å². The largest absolute Gasteiger partial charge is 0.494 e. The summed E-state index contributed by atoms with van der Waals surface area (Å²) < 4.78 is 0. The zero-order chi connectivity index (χ0) is 21.4. The second-order valence-electron chi connectivity index (χ2n) is 7.69. The molecule has 0 aliphatic carbocycles. The Hall–Kier alpha value is -3.88. The average Bonchev–Trinajstić information content (AvgIpc) is 3.58. The molecule has 0 saturated carbocycles. The Morgan fingerprint density at radius 1 is 0.875 bits per heavy atom. The molecule has 8 heteroatoms. The Morgan fingerprint density at radius 2 is 1.75 bits per heavy atom. The molecule has 1 aliphatic rings. The number of nitrogens with zero attached hydrogens (tertiary/aromatic N) is 1. The molecule has 0 saturated heterocycles. The van der Waals surface area contributed by atoms with Crippen molar-refractivity contribution in [2.24, 2.45) is 4.99 Å². The van der Waals surface area contributed by atoms with Gasteiger partial charge in [-0.2, -0.15) is 0 Å². The number of H-pyrrole nitrogens is 3. The van der Waals surface area contributed by atoms with E-state index in [0.717, 1.165) is 42.1 Å². The maximum atomic E-state index is 12.7. The van der Waals surface area contributed by atoms with E-state index in [4.69, 9.17) is 0 Å². The maximum Gasteiger partial charge on any atom is 0.280 e. The zero-order valence-electron chi connectivity index (χ0n) is 16.4. The van der Waals surface area contributed by atoms with Crippen molar-refractivity contribution in [2.75, 3.05) is 0 Å². The molecule has 154 valence electrons. The van der Waals surface area contributed by atoms with Gasteiger partial charge in [0.25, 0.3) is 5.91 Å². The fraction of sp³-hybridized carbons (Fsp3) is 0. The fourth-order valence-corrected chi connectivity index (χ4v) is 6.06. The number of carbonyl (C=O) groups excluding carboxylic acids is 1. The lowest BCUT2D eigenvalue weighted by Crippen LogP contribution is -1.96. The minimum atomic E-state index is -0.328. The van der Waals surface area contributed by atoms with E-state index in [0.29, 0.717) is 22.5 Å². The van der Waals surface area contributed by atoms with Crippen LogP contribution in [0.2, 0.25) is 0 Å². The van der Waals surface area contributed by atoms with Gasteiger partial charge in [-0.15, -0.1) is 22.7 Å². The van der Waals surface area contributed by atoms with Crippen molar-refractivity contribution in [3.05, 3.63) is 76.1 Å². The van der Waals surface area contributed by atoms with E-state index in [1.165, 1.54) is 11.3 Å². The molecule has 32 heavy (non-hydrogen) atoms. The molecule has 6 heterocycles. The highest BCUT2D eigenvalue weighted by Crippen LogP contribution is 2.42. The average molecular weight is 455 g/mol. The lowest BCUT2D eigenvalue weighted by atomic mass is 10.1. The number of aromatic hydroxyl groups is 1. The van der Waals surface area contributed by atoms with Gasteiger partial charge in [0.05, 0.1) is 42.9 Å². The highest BCUT2D eigenvalue weighted by molar-refractivity contribution is 7.18. The van der Waals surface area contributed by atoms with Gasteiger partial charge in [-0.3, -0.25) is 4.79 Å². The van der Waals surface area contributed by atoms with Crippen molar-refractivity contribution in [1.29, 1.82) is 0 Å². The molecule has 0 spiro atoms. The van der Waals surface area contributed by atoms with Gasteiger partial charge >= 0.3 is 0 Å². The van der Waals surface area contributed by atoms with Crippen LogP contribution in [0.25, 0.3) is 42.9 Å². The summed E-state index contributed by atoms with van der Waals surface area (Å²) in [6, 6.07) is 16.3. The SMILES string of the molecule is O=C1N=C(c2cccs2)c2c(O)[nH]c(-c3ccc(-c4cc5cc6[nH]ccc6cc5[nH]4)s3)c21. The van der Waals surface area contributed by atoms with Gasteiger partial charge in [0.2, 0.25) is 0 Å². The number of hydrogen-bond donors (Lipinski definition) is 4. The number of rotatable bonds is 3. The van der Waals surface area contributed by atoms with Gasteiger partial charge in [0.15, 0.2) is 5.88 Å². The van der Waals surface area contributed by atoms with E-state index in [9.17, 15) is 9.90 Å². The first-order valence-electron chi connectivity index (χ1n) is 9.98. The smallest absolute Gasteiger partial charge is 0.280 e. The molecule has 5 aromatic heterocycles. The van der Waals surface area contributed by atoms with Crippen LogP contribution in [0.1, 0.15) is 20.8 Å². The molecule has 1 aromatic carbocycles. The van der Waals surface area contributed by atoms with Crippen LogP contribution in [-0.2, 0) is 0 Å². The number of aliphatic imine (C=N–C) groups is 1. The summed E-state index contributed by atoms with van der Waals surface area (Å²) in [5.41, 5.74) is 5.25. The summed E-state index contributed by atoms with van der Waals surface area (Å²) >= 11 is 3.05. The standard InChI is InChI=1S/C24H14N4O2S2/c29-23-19-20(24(30)27-21(19)17-2-1-7-31-17)22(28-23)18-4-3-16(32-18)15-10-12-9-13-11(5-6-25-13)8-14(12)26-15/h1-10,25-26,28-29H. The number of amides is 1. The van der Waals surface area contributed by atoms with Crippen molar-refractivity contribution in [3.8, 4) is 27.0 Å². The van der Waals surface area contributed by atoms with Gasteiger partial charge in [0.1, 0.15) is 0 Å². The van der Waals surface area contributed by atoms with Crippen LogP contribution in [0.5, 0.6) is 5.88 Å². The number of aromatic amines is 3. The van der Waals surface area contributed by atoms with E-state index in [1.807, 2.05) is 35.8 Å². The maximum absolute atomic E-state index is 12.7. The second-order valence-corrected chi connectivity index (χ2v) is 9.72. The molecule has 0 bridgehead atoms. The molecular weight excluding hydrogens is 440 g/mol. The first-order chi connectivity index (χ1) is 15.7. The fourth-order valence-electron chi connectivity index (χ4n) is 4.35. The summed E-state index contributed by atoms with van der Waals surface area (Å²) in [6.07, 6.45) is 1.94. The zero-order valence-corrected chi connectivity index (χ0v) is 18.0. The predicted molar refractivity (Wildman–Crippen MR) is 129 cm³/mol. The van der Waals surface area contributed by atoms with Crippen molar-refractivity contribution >= 4 is 56.1 Å². The van der Waals surface area contributed by atoms with Gasteiger partial charge in [-0.1, -0.05) is 6.07 Å². The highest BCUT2D eigenvalue weighted by atomic mass is 32.1. The van der Waals surface area contributed by atoms with E-state index >= 15 is 0 Å². The molecule has 6 nitrogen and oxygen atoms in total. The van der Waals surface area contributed by atoms with Crippen LogP contribution < -0.4 is 0 Å². The number of thiophene rings is 2. The molecule has 6 aromatic rings. The minimum absolute atomic E-state index is 0.0244. The lowest BCUT2D eigenvalue weighted by molar-refractivity contribution is 0.101. The van der Waals surface area contributed by atoms with Crippen LogP contribution in [-0.4, -0.2) is 31.7 Å². The third-order valence-electron chi connectivity index (χ3n) is 5.81. The van der Waals surface area contributed by atoms with Gasteiger partial charge in [-0.25, -0.2) is 4.99 Å². The molecule has 1 amide bonds. The third-order valence-corrected chi connectivity index (χ3v) is 7.82. The van der Waals surface area contributed by atoms with E-state index in [-0.39, 0.29) is 11.8 Å². The molecule has 0 radical (unpaired) electrons.